The molecule has 0 amide bonds. The van der Waals surface area contributed by atoms with Crippen LogP contribution < -0.4 is 5.73 Å². The Balaban J connectivity index is 2.17. The lowest BCUT2D eigenvalue weighted by Gasteiger charge is -2.32. The minimum absolute atomic E-state index is 0.387. The summed E-state index contributed by atoms with van der Waals surface area (Å²) in [6.45, 7) is 8.12. The summed E-state index contributed by atoms with van der Waals surface area (Å²) >= 11 is 0. The lowest BCUT2D eigenvalue weighted by Crippen LogP contribution is -2.39. The fourth-order valence-electron chi connectivity index (χ4n) is 2.47. The first kappa shape index (κ1) is 14.9. The topological polar surface area (TPSA) is 49.5 Å². The van der Waals surface area contributed by atoms with Crippen LogP contribution in [0.4, 0.5) is 0 Å². The lowest BCUT2D eigenvalue weighted by atomic mass is 9.85. The van der Waals surface area contributed by atoms with E-state index in [9.17, 15) is 5.11 Å². The zero-order chi connectivity index (χ0) is 12.7. The minimum atomic E-state index is -0.629. The third-order valence-corrected chi connectivity index (χ3v) is 4.34. The zero-order valence-corrected chi connectivity index (χ0v) is 11.6. The summed E-state index contributed by atoms with van der Waals surface area (Å²) in [5.74, 6) is 0.939. The molecule has 17 heavy (non-hydrogen) atoms. The molecular formula is C14H30N2O. The quantitative estimate of drug-likeness (QED) is 0.650. The molecule has 1 fully saturated rings. The summed E-state index contributed by atoms with van der Waals surface area (Å²) in [4.78, 5) is 2.52. The van der Waals surface area contributed by atoms with E-state index >= 15 is 0 Å². The Kier molecular flexibility index (Phi) is 6.45. The minimum Gasteiger partial charge on any atom is -0.389 e. The van der Waals surface area contributed by atoms with Gasteiger partial charge in [0, 0.05) is 13.1 Å². The number of rotatable bonds is 9. The highest BCUT2D eigenvalue weighted by atomic mass is 16.3. The number of aliphatic hydroxyl groups is 1. The molecule has 0 heterocycles. The van der Waals surface area contributed by atoms with Crippen LogP contribution in [0.1, 0.15) is 52.4 Å². The molecule has 0 aliphatic heterocycles. The standard InChI is InChI=1S/C14H30N2O/c1-3-14(17,12-15)9-6-10-16(4-2)11-13-7-5-8-13/h13,17H,3-12,15H2,1-2H3. The van der Waals surface area contributed by atoms with Crippen molar-refractivity contribution >= 4 is 0 Å². The maximum atomic E-state index is 10.1. The Hall–Kier alpha value is -0.120. The van der Waals surface area contributed by atoms with Crippen molar-refractivity contribution in [2.75, 3.05) is 26.2 Å². The Morgan fingerprint density at radius 1 is 1.35 bits per heavy atom. The van der Waals surface area contributed by atoms with Gasteiger partial charge < -0.3 is 15.7 Å². The van der Waals surface area contributed by atoms with Crippen molar-refractivity contribution in [3.63, 3.8) is 0 Å². The molecule has 0 bridgehead atoms. The number of nitrogens with two attached hydrogens (primary N) is 1. The van der Waals surface area contributed by atoms with E-state index in [2.05, 4.69) is 11.8 Å². The molecule has 0 spiro atoms. The average molecular weight is 242 g/mol. The molecule has 1 aliphatic rings. The SMILES string of the molecule is CCN(CCCC(O)(CC)CN)CC1CCC1. The number of nitrogens with zero attached hydrogens (tertiary/aromatic N) is 1. The highest BCUT2D eigenvalue weighted by molar-refractivity contribution is 4.79. The highest BCUT2D eigenvalue weighted by Crippen LogP contribution is 2.27. The van der Waals surface area contributed by atoms with Gasteiger partial charge in [0.25, 0.3) is 0 Å². The first-order chi connectivity index (χ1) is 8.13. The van der Waals surface area contributed by atoms with Crippen molar-refractivity contribution < 1.29 is 5.11 Å². The van der Waals surface area contributed by atoms with E-state index in [-0.39, 0.29) is 0 Å². The second kappa shape index (κ2) is 7.34. The maximum absolute atomic E-state index is 10.1. The summed E-state index contributed by atoms with van der Waals surface area (Å²) in [5, 5.41) is 10.1. The normalized spacial score (nSPS) is 20.3. The Morgan fingerprint density at radius 2 is 2.06 bits per heavy atom. The van der Waals surface area contributed by atoms with Gasteiger partial charge in [0.15, 0.2) is 0 Å². The maximum Gasteiger partial charge on any atom is 0.0767 e. The molecule has 1 aliphatic carbocycles. The van der Waals surface area contributed by atoms with Crippen LogP contribution in [0.3, 0.4) is 0 Å². The fourth-order valence-corrected chi connectivity index (χ4v) is 2.47. The Labute approximate surface area is 106 Å². The second-order valence-electron chi connectivity index (χ2n) is 5.58. The van der Waals surface area contributed by atoms with E-state index in [4.69, 9.17) is 5.73 Å². The van der Waals surface area contributed by atoms with Gasteiger partial charge in [-0.1, -0.05) is 20.3 Å². The molecule has 1 saturated carbocycles. The van der Waals surface area contributed by atoms with E-state index in [1.54, 1.807) is 0 Å². The van der Waals surface area contributed by atoms with Crippen LogP contribution in [0.2, 0.25) is 0 Å². The van der Waals surface area contributed by atoms with Crippen LogP contribution in [0.25, 0.3) is 0 Å². The monoisotopic (exact) mass is 242 g/mol. The van der Waals surface area contributed by atoms with Gasteiger partial charge >= 0.3 is 0 Å². The molecule has 0 saturated heterocycles. The average Bonchev–Trinajstić information content (AvgIpc) is 2.30. The predicted octanol–water partition coefficient (Wildman–Crippen LogP) is 1.99. The Bertz CT molecular complexity index is 200. The van der Waals surface area contributed by atoms with Gasteiger partial charge in [0.05, 0.1) is 5.60 Å². The first-order valence-electron chi connectivity index (χ1n) is 7.28. The summed E-state index contributed by atoms with van der Waals surface area (Å²) in [5.41, 5.74) is 4.99. The molecule has 0 radical (unpaired) electrons. The van der Waals surface area contributed by atoms with Gasteiger partial charge in [0.1, 0.15) is 0 Å². The van der Waals surface area contributed by atoms with Crippen LogP contribution >= 0.6 is 0 Å². The van der Waals surface area contributed by atoms with E-state index in [0.29, 0.717) is 6.54 Å². The molecule has 3 nitrogen and oxygen atoms in total. The fraction of sp³-hybridized carbons (Fsp3) is 1.00. The lowest BCUT2D eigenvalue weighted by molar-refractivity contribution is 0.0308. The van der Waals surface area contributed by atoms with E-state index in [1.807, 2.05) is 6.92 Å². The molecule has 0 aromatic heterocycles. The van der Waals surface area contributed by atoms with Crippen LogP contribution in [0, 0.1) is 5.92 Å². The van der Waals surface area contributed by atoms with E-state index in [1.165, 1.54) is 25.8 Å². The van der Waals surface area contributed by atoms with Crippen molar-refractivity contribution in [2.45, 2.75) is 58.0 Å². The largest absolute Gasteiger partial charge is 0.389 e. The molecular weight excluding hydrogens is 212 g/mol. The van der Waals surface area contributed by atoms with Crippen LogP contribution in [0.5, 0.6) is 0 Å². The van der Waals surface area contributed by atoms with Gasteiger partial charge in [-0.2, -0.15) is 0 Å². The van der Waals surface area contributed by atoms with Crippen molar-refractivity contribution in [1.29, 1.82) is 0 Å². The van der Waals surface area contributed by atoms with Gasteiger partial charge in [-0.3, -0.25) is 0 Å². The smallest absolute Gasteiger partial charge is 0.0767 e. The van der Waals surface area contributed by atoms with Gasteiger partial charge in [0.2, 0.25) is 0 Å². The summed E-state index contributed by atoms with van der Waals surface area (Å²) in [6, 6.07) is 0. The predicted molar refractivity (Wildman–Crippen MR) is 73.0 cm³/mol. The number of hydrogen-bond acceptors (Lipinski definition) is 3. The molecule has 3 N–H and O–H groups in total. The van der Waals surface area contributed by atoms with Crippen LogP contribution in [-0.2, 0) is 0 Å². The van der Waals surface area contributed by atoms with Crippen molar-refractivity contribution in [3.8, 4) is 0 Å². The van der Waals surface area contributed by atoms with Gasteiger partial charge in [-0.25, -0.2) is 0 Å². The van der Waals surface area contributed by atoms with Crippen molar-refractivity contribution in [2.24, 2.45) is 11.7 Å². The molecule has 0 aromatic carbocycles. The molecule has 1 unspecified atom stereocenters. The second-order valence-corrected chi connectivity index (χ2v) is 5.58. The first-order valence-corrected chi connectivity index (χ1v) is 7.28. The number of hydrogen-bond donors (Lipinski definition) is 2. The summed E-state index contributed by atoms with van der Waals surface area (Å²) < 4.78 is 0. The third kappa shape index (κ3) is 4.94. The van der Waals surface area contributed by atoms with Crippen molar-refractivity contribution in [1.82, 2.24) is 4.90 Å². The van der Waals surface area contributed by atoms with E-state index in [0.717, 1.165) is 38.3 Å². The van der Waals surface area contributed by atoms with Gasteiger partial charge in [-0.15, -0.1) is 0 Å². The molecule has 102 valence electrons. The van der Waals surface area contributed by atoms with Crippen LogP contribution in [0.15, 0.2) is 0 Å². The molecule has 1 atom stereocenters. The van der Waals surface area contributed by atoms with Crippen LogP contribution in [-0.4, -0.2) is 41.8 Å². The molecule has 1 rings (SSSR count). The van der Waals surface area contributed by atoms with Gasteiger partial charge in [-0.05, 0) is 51.1 Å². The molecule has 0 aromatic rings. The highest BCUT2D eigenvalue weighted by Gasteiger charge is 2.23. The van der Waals surface area contributed by atoms with E-state index < -0.39 is 5.60 Å². The molecule has 3 heteroatoms. The third-order valence-electron chi connectivity index (χ3n) is 4.34. The zero-order valence-electron chi connectivity index (χ0n) is 11.6. The van der Waals surface area contributed by atoms with Crippen molar-refractivity contribution in [3.05, 3.63) is 0 Å². The summed E-state index contributed by atoms with van der Waals surface area (Å²) in [6.07, 6.45) is 6.91. The Morgan fingerprint density at radius 3 is 2.47 bits per heavy atom. The summed E-state index contributed by atoms with van der Waals surface area (Å²) in [7, 11) is 0.